The minimum Gasteiger partial charge on any atom is -0.379 e. The first kappa shape index (κ1) is 20.8. The van der Waals surface area contributed by atoms with Crippen LogP contribution >= 0.6 is 0 Å². The second-order valence-corrected chi connectivity index (χ2v) is 8.58. The summed E-state index contributed by atoms with van der Waals surface area (Å²) in [6.45, 7) is 14.7. The number of nitrogens with zero attached hydrogens (tertiary/aromatic N) is 4. The van der Waals surface area contributed by atoms with Gasteiger partial charge in [0.25, 0.3) is 0 Å². The third-order valence-corrected chi connectivity index (χ3v) is 5.02. The summed E-state index contributed by atoms with van der Waals surface area (Å²) in [6, 6.07) is 8.11. The normalized spacial score (nSPS) is 15.6. The van der Waals surface area contributed by atoms with Crippen LogP contribution in [0.4, 0.5) is 0 Å². The van der Waals surface area contributed by atoms with Crippen LogP contribution in [0, 0.1) is 11.8 Å². The Morgan fingerprint density at radius 3 is 2.39 bits per heavy atom. The van der Waals surface area contributed by atoms with E-state index in [9.17, 15) is 4.79 Å². The number of hydrogen-bond acceptors (Lipinski definition) is 4. The summed E-state index contributed by atoms with van der Waals surface area (Å²) in [4.78, 5) is 22.4. The Labute approximate surface area is 168 Å². The van der Waals surface area contributed by atoms with Gasteiger partial charge in [-0.1, -0.05) is 39.8 Å². The number of imidazole rings is 1. The van der Waals surface area contributed by atoms with Crippen LogP contribution in [-0.2, 0) is 22.6 Å². The number of morpholine rings is 1. The zero-order valence-corrected chi connectivity index (χ0v) is 17.7. The summed E-state index contributed by atoms with van der Waals surface area (Å²) in [7, 11) is 0. The van der Waals surface area contributed by atoms with E-state index in [4.69, 9.17) is 9.72 Å². The number of para-hydroxylation sites is 2. The van der Waals surface area contributed by atoms with Gasteiger partial charge >= 0.3 is 0 Å². The van der Waals surface area contributed by atoms with Crippen LogP contribution in [0.1, 0.15) is 33.5 Å². The molecule has 1 aromatic carbocycles. The highest BCUT2D eigenvalue weighted by Gasteiger charge is 2.21. The fourth-order valence-electron chi connectivity index (χ4n) is 3.78. The lowest BCUT2D eigenvalue weighted by atomic mass is 10.1. The van der Waals surface area contributed by atoms with Crippen molar-refractivity contribution >= 4 is 16.9 Å². The molecule has 6 nitrogen and oxygen atoms in total. The van der Waals surface area contributed by atoms with E-state index in [1.165, 1.54) is 0 Å². The first-order valence-corrected chi connectivity index (χ1v) is 10.5. The van der Waals surface area contributed by atoms with E-state index in [0.29, 0.717) is 18.4 Å². The topological polar surface area (TPSA) is 50.6 Å². The number of rotatable bonds is 8. The number of hydrogen-bond donors (Lipinski definition) is 0. The lowest BCUT2D eigenvalue weighted by Gasteiger charge is -2.28. The maximum Gasteiger partial charge on any atom is 0.242 e. The van der Waals surface area contributed by atoms with E-state index in [-0.39, 0.29) is 5.91 Å². The van der Waals surface area contributed by atoms with E-state index in [1.807, 2.05) is 23.1 Å². The van der Waals surface area contributed by atoms with Gasteiger partial charge in [-0.15, -0.1) is 0 Å². The highest BCUT2D eigenvalue weighted by Crippen LogP contribution is 2.19. The van der Waals surface area contributed by atoms with E-state index in [1.54, 1.807) is 0 Å². The van der Waals surface area contributed by atoms with Crippen LogP contribution in [0.15, 0.2) is 24.3 Å². The van der Waals surface area contributed by atoms with Gasteiger partial charge in [-0.3, -0.25) is 9.69 Å². The highest BCUT2D eigenvalue weighted by atomic mass is 16.5. The molecule has 0 aliphatic carbocycles. The molecule has 0 N–H and O–H groups in total. The fourth-order valence-corrected chi connectivity index (χ4v) is 3.78. The molecule has 0 atom stereocenters. The summed E-state index contributed by atoms with van der Waals surface area (Å²) >= 11 is 0. The molecule has 1 saturated heterocycles. The van der Waals surface area contributed by atoms with Crippen molar-refractivity contribution in [3.63, 3.8) is 0 Å². The quantitative estimate of drug-likeness (QED) is 0.700. The molecule has 1 aliphatic heterocycles. The summed E-state index contributed by atoms with van der Waals surface area (Å²) in [5, 5.41) is 0. The number of carbonyl (C=O) groups is 1. The van der Waals surface area contributed by atoms with Crippen molar-refractivity contribution in [2.24, 2.45) is 11.8 Å². The number of ether oxygens (including phenoxy) is 1. The number of aromatic nitrogens is 2. The summed E-state index contributed by atoms with van der Waals surface area (Å²) in [5.74, 6) is 2.05. The predicted octanol–water partition coefficient (Wildman–Crippen LogP) is 3.01. The third kappa shape index (κ3) is 5.32. The Morgan fingerprint density at radius 2 is 1.75 bits per heavy atom. The zero-order valence-electron chi connectivity index (χ0n) is 17.7. The van der Waals surface area contributed by atoms with Crippen LogP contribution < -0.4 is 0 Å². The van der Waals surface area contributed by atoms with Crippen molar-refractivity contribution < 1.29 is 9.53 Å². The molecule has 0 spiro atoms. The second kappa shape index (κ2) is 9.52. The van der Waals surface area contributed by atoms with Crippen molar-refractivity contribution in [1.82, 2.24) is 19.4 Å². The Balaban J connectivity index is 1.85. The summed E-state index contributed by atoms with van der Waals surface area (Å²) < 4.78 is 7.58. The molecule has 28 heavy (non-hydrogen) atoms. The molecular weight excluding hydrogens is 352 g/mol. The predicted molar refractivity (Wildman–Crippen MR) is 112 cm³/mol. The van der Waals surface area contributed by atoms with Crippen molar-refractivity contribution in [3.8, 4) is 0 Å². The standard InChI is InChI=1S/C22H34N4O2/c1-17(2)13-25(14-18(3)4)22(27)16-26-20-8-6-5-7-19(20)23-21(26)15-24-9-11-28-12-10-24/h5-8,17-18H,9-16H2,1-4H3. The average Bonchev–Trinajstić information content (AvgIpc) is 2.98. The Morgan fingerprint density at radius 1 is 1.11 bits per heavy atom. The number of benzene rings is 1. The molecule has 2 heterocycles. The molecule has 0 radical (unpaired) electrons. The van der Waals surface area contributed by atoms with Gasteiger partial charge in [-0.05, 0) is 24.0 Å². The molecule has 0 bridgehead atoms. The van der Waals surface area contributed by atoms with Gasteiger partial charge < -0.3 is 14.2 Å². The van der Waals surface area contributed by atoms with Gasteiger partial charge in [0.2, 0.25) is 5.91 Å². The molecule has 1 aromatic heterocycles. The fraction of sp³-hybridized carbons (Fsp3) is 0.636. The second-order valence-electron chi connectivity index (χ2n) is 8.58. The van der Waals surface area contributed by atoms with Gasteiger partial charge in [0.15, 0.2) is 0 Å². The summed E-state index contributed by atoms with van der Waals surface area (Å²) in [5.41, 5.74) is 1.99. The van der Waals surface area contributed by atoms with E-state index in [2.05, 4.69) is 43.2 Å². The SMILES string of the molecule is CC(C)CN(CC(C)C)C(=O)Cn1c(CN2CCOCC2)nc2ccccc21. The Kier molecular flexibility index (Phi) is 7.08. The van der Waals surface area contributed by atoms with Crippen LogP contribution in [-0.4, -0.2) is 64.7 Å². The minimum atomic E-state index is 0.175. The number of amides is 1. The molecule has 2 aromatic rings. The number of carbonyl (C=O) groups excluding carboxylic acids is 1. The molecule has 6 heteroatoms. The van der Waals surface area contributed by atoms with Crippen molar-refractivity contribution in [2.45, 2.75) is 40.8 Å². The monoisotopic (exact) mass is 386 g/mol. The van der Waals surface area contributed by atoms with Crippen LogP contribution in [0.2, 0.25) is 0 Å². The van der Waals surface area contributed by atoms with Gasteiger partial charge in [0, 0.05) is 26.2 Å². The Hall–Kier alpha value is -1.92. The number of fused-ring (bicyclic) bond motifs is 1. The maximum atomic E-state index is 13.2. The lowest BCUT2D eigenvalue weighted by Crippen LogP contribution is -2.40. The molecule has 0 unspecified atom stereocenters. The van der Waals surface area contributed by atoms with Gasteiger partial charge in [-0.25, -0.2) is 4.98 Å². The molecular formula is C22H34N4O2. The largest absolute Gasteiger partial charge is 0.379 e. The smallest absolute Gasteiger partial charge is 0.242 e. The van der Waals surface area contributed by atoms with Gasteiger partial charge in [0.05, 0.1) is 30.8 Å². The first-order chi connectivity index (χ1) is 13.4. The summed E-state index contributed by atoms with van der Waals surface area (Å²) in [6.07, 6.45) is 0. The first-order valence-electron chi connectivity index (χ1n) is 10.5. The molecule has 3 rings (SSSR count). The highest BCUT2D eigenvalue weighted by molar-refractivity contribution is 5.81. The molecule has 1 fully saturated rings. The Bertz CT molecular complexity index is 768. The molecule has 154 valence electrons. The lowest BCUT2D eigenvalue weighted by molar-refractivity contribution is -0.132. The van der Waals surface area contributed by atoms with Crippen molar-refractivity contribution in [1.29, 1.82) is 0 Å². The van der Waals surface area contributed by atoms with Crippen LogP contribution in [0.3, 0.4) is 0 Å². The van der Waals surface area contributed by atoms with E-state index >= 15 is 0 Å². The van der Waals surface area contributed by atoms with Crippen LogP contribution in [0.25, 0.3) is 11.0 Å². The molecule has 1 aliphatic rings. The van der Waals surface area contributed by atoms with E-state index in [0.717, 1.165) is 62.8 Å². The van der Waals surface area contributed by atoms with Gasteiger partial charge in [-0.2, -0.15) is 0 Å². The zero-order chi connectivity index (χ0) is 20.1. The van der Waals surface area contributed by atoms with Gasteiger partial charge in [0.1, 0.15) is 12.4 Å². The minimum absolute atomic E-state index is 0.175. The third-order valence-electron chi connectivity index (χ3n) is 5.02. The molecule has 1 amide bonds. The van der Waals surface area contributed by atoms with Crippen molar-refractivity contribution in [2.75, 3.05) is 39.4 Å². The van der Waals surface area contributed by atoms with Crippen molar-refractivity contribution in [3.05, 3.63) is 30.1 Å². The average molecular weight is 387 g/mol. The maximum absolute atomic E-state index is 13.2. The van der Waals surface area contributed by atoms with E-state index < -0.39 is 0 Å². The van der Waals surface area contributed by atoms with Crippen LogP contribution in [0.5, 0.6) is 0 Å². The molecule has 0 saturated carbocycles.